The molecule has 2 rings (SSSR count). The van der Waals surface area contributed by atoms with Gasteiger partial charge < -0.3 is 30.7 Å². The summed E-state index contributed by atoms with van der Waals surface area (Å²) in [4.78, 5) is 7.59. The molecule has 2 aromatic rings. The van der Waals surface area contributed by atoms with Gasteiger partial charge in [-0.1, -0.05) is 34.3 Å². The Balaban J connectivity index is -0.000000196. The number of nitrogens with zero attached hydrogens (tertiary/aromatic N) is 2. The Morgan fingerprint density at radius 2 is 1.06 bits per heavy atom. The maximum absolute atomic E-state index is 4.70. The summed E-state index contributed by atoms with van der Waals surface area (Å²) in [6, 6.07) is 11.0. The standard InChI is InChI=1S/2C5H5NS.O.2Zn/c2*7-5-3-1-2-4-6-5;;;/h2*1-4H,(H,6,7);;;/q;;-2;2*+2/p-2. The number of hydrogen-bond acceptors (Lipinski definition) is 4. The number of pyridine rings is 2. The zero-order valence-corrected chi connectivity index (χ0v) is 16.7. The monoisotopic (exact) mass is 364 g/mol. The molecule has 0 amide bonds. The molecule has 0 saturated carbocycles. The third kappa shape index (κ3) is 12.2. The zero-order valence-electron chi connectivity index (χ0n) is 9.15. The van der Waals surface area contributed by atoms with E-state index in [2.05, 4.69) is 9.97 Å². The quantitative estimate of drug-likeness (QED) is 0.527. The topological polar surface area (TPSA) is 54.3 Å². The molecule has 3 nitrogen and oxygen atoms in total. The molecule has 0 saturated heterocycles. The number of hydrogen-bond donors (Lipinski definition) is 0. The van der Waals surface area contributed by atoms with Crippen LogP contribution in [0.25, 0.3) is 0 Å². The largest absolute Gasteiger partial charge is 2.00 e. The Bertz CT molecular complexity index is 328. The Hall–Kier alpha value is -0.0532. The van der Waals surface area contributed by atoms with Gasteiger partial charge in [0.1, 0.15) is 0 Å². The Kier molecular flexibility index (Phi) is 18.3. The van der Waals surface area contributed by atoms with E-state index in [9.17, 15) is 0 Å². The van der Waals surface area contributed by atoms with Crippen LogP contribution in [0.5, 0.6) is 0 Å². The van der Waals surface area contributed by atoms with Gasteiger partial charge in [0.05, 0.1) is 0 Å². The van der Waals surface area contributed by atoms with Crippen molar-refractivity contribution in [2.45, 2.75) is 10.1 Å². The SMILES string of the molecule is [O-2].[S-]c1ccccn1.[S-]c1ccccn1.[Zn+2].[Zn+2]. The first-order chi connectivity index (χ1) is 6.79. The molecule has 0 aromatic carbocycles. The van der Waals surface area contributed by atoms with Crippen LogP contribution in [-0.4, -0.2) is 9.97 Å². The van der Waals surface area contributed by atoms with Gasteiger partial charge in [-0.3, -0.25) is 9.97 Å². The average Bonchev–Trinajstić information content (AvgIpc) is 2.21. The first-order valence-electron chi connectivity index (χ1n) is 3.95. The van der Waals surface area contributed by atoms with E-state index in [1.165, 1.54) is 0 Å². The molecular formula is C10H8N2OS2Zn2. The van der Waals surface area contributed by atoms with E-state index < -0.39 is 0 Å². The molecule has 2 aromatic heterocycles. The van der Waals surface area contributed by atoms with Gasteiger partial charge in [-0.15, -0.1) is 0 Å². The Morgan fingerprint density at radius 1 is 0.706 bits per heavy atom. The van der Waals surface area contributed by atoms with E-state index in [0.29, 0.717) is 10.1 Å². The van der Waals surface area contributed by atoms with Crippen LogP contribution in [0.15, 0.2) is 58.8 Å². The molecule has 2 heterocycles. The van der Waals surface area contributed by atoms with E-state index in [0.717, 1.165) is 0 Å². The van der Waals surface area contributed by atoms with Gasteiger partial charge in [-0.05, 0) is 12.1 Å². The first kappa shape index (κ1) is 22.2. The van der Waals surface area contributed by atoms with Gasteiger partial charge in [0.25, 0.3) is 0 Å². The van der Waals surface area contributed by atoms with Gasteiger partial charge in [0.15, 0.2) is 0 Å². The molecule has 0 aliphatic carbocycles. The molecule has 0 aliphatic heterocycles. The van der Waals surface area contributed by atoms with E-state index in [1.807, 2.05) is 24.3 Å². The third-order valence-corrected chi connectivity index (χ3v) is 1.76. The summed E-state index contributed by atoms with van der Waals surface area (Å²) in [7, 11) is 0. The first-order valence-corrected chi connectivity index (χ1v) is 4.77. The molecule has 80 valence electrons. The second kappa shape index (κ2) is 14.0. The summed E-state index contributed by atoms with van der Waals surface area (Å²) in [5.41, 5.74) is 0. The van der Waals surface area contributed by atoms with Crippen LogP contribution in [-0.2, 0) is 69.7 Å². The summed E-state index contributed by atoms with van der Waals surface area (Å²) in [5, 5.41) is 1.31. The van der Waals surface area contributed by atoms with Crippen LogP contribution in [0.4, 0.5) is 0 Å². The second-order valence-electron chi connectivity index (χ2n) is 2.34. The molecule has 0 bridgehead atoms. The van der Waals surface area contributed by atoms with E-state index in [1.54, 1.807) is 24.5 Å². The van der Waals surface area contributed by atoms with Crippen LogP contribution in [0.3, 0.4) is 0 Å². The Morgan fingerprint density at radius 3 is 1.18 bits per heavy atom. The van der Waals surface area contributed by atoms with Gasteiger partial charge in [-0.25, -0.2) is 0 Å². The molecule has 0 aliphatic rings. The minimum Gasteiger partial charge on any atom is -2.00 e. The van der Waals surface area contributed by atoms with Gasteiger partial charge in [0.2, 0.25) is 0 Å². The fourth-order valence-corrected chi connectivity index (χ4v) is 0.973. The van der Waals surface area contributed by atoms with Gasteiger partial charge >= 0.3 is 39.0 Å². The second-order valence-corrected chi connectivity index (χ2v) is 3.17. The molecule has 0 radical (unpaired) electrons. The van der Waals surface area contributed by atoms with Crippen LogP contribution >= 0.6 is 0 Å². The molecule has 0 N–H and O–H groups in total. The van der Waals surface area contributed by atoms with Crippen molar-refractivity contribution in [1.82, 2.24) is 9.97 Å². The van der Waals surface area contributed by atoms with Crippen LogP contribution in [0, 0.1) is 0 Å². The zero-order chi connectivity index (χ0) is 10.2. The summed E-state index contributed by atoms with van der Waals surface area (Å²) < 4.78 is 0. The smallest absolute Gasteiger partial charge is 2.00 e. The van der Waals surface area contributed by atoms with Crippen molar-refractivity contribution in [1.29, 1.82) is 0 Å². The van der Waals surface area contributed by atoms with Crippen molar-refractivity contribution in [2.24, 2.45) is 0 Å². The van der Waals surface area contributed by atoms with Crippen molar-refractivity contribution in [3.05, 3.63) is 48.8 Å². The normalized spacial score (nSPS) is 7.06. The summed E-state index contributed by atoms with van der Waals surface area (Å²) >= 11 is 9.40. The number of rotatable bonds is 0. The molecule has 0 unspecified atom stereocenters. The van der Waals surface area contributed by atoms with E-state index >= 15 is 0 Å². The predicted molar refractivity (Wildman–Crippen MR) is 60.4 cm³/mol. The fourth-order valence-electron chi connectivity index (χ4n) is 0.694. The van der Waals surface area contributed by atoms with Crippen LogP contribution in [0.1, 0.15) is 0 Å². The van der Waals surface area contributed by atoms with Crippen molar-refractivity contribution in [3.8, 4) is 0 Å². The van der Waals surface area contributed by atoms with Gasteiger partial charge in [-0.2, -0.15) is 0 Å². The molecule has 0 spiro atoms. The maximum Gasteiger partial charge on any atom is 2.00 e. The minimum absolute atomic E-state index is 0. The number of aromatic nitrogens is 2. The fraction of sp³-hybridized carbons (Fsp3) is 0. The maximum atomic E-state index is 4.70. The van der Waals surface area contributed by atoms with Crippen molar-refractivity contribution < 1.29 is 44.4 Å². The summed E-state index contributed by atoms with van der Waals surface area (Å²) in [6.45, 7) is 0. The minimum atomic E-state index is 0. The average molecular weight is 367 g/mol. The van der Waals surface area contributed by atoms with E-state index in [-0.39, 0.29) is 44.4 Å². The summed E-state index contributed by atoms with van der Waals surface area (Å²) in [6.07, 6.45) is 3.37. The van der Waals surface area contributed by atoms with Crippen molar-refractivity contribution >= 4 is 25.3 Å². The van der Waals surface area contributed by atoms with Gasteiger partial charge in [0, 0.05) is 12.4 Å². The third-order valence-electron chi connectivity index (χ3n) is 1.28. The molecular weight excluding hydrogens is 359 g/mol. The Labute approximate surface area is 137 Å². The van der Waals surface area contributed by atoms with Crippen LogP contribution < -0.4 is 0 Å². The molecule has 17 heavy (non-hydrogen) atoms. The van der Waals surface area contributed by atoms with Crippen molar-refractivity contribution in [3.63, 3.8) is 0 Å². The molecule has 0 atom stereocenters. The van der Waals surface area contributed by atoms with E-state index in [4.69, 9.17) is 25.3 Å². The predicted octanol–water partition coefficient (Wildman–Crippen LogP) is 1.85. The molecule has 0 fully saturated rings. The van der Waals surface area contributed by atoms with Crippen molar-refractivity contribution in [2.75, 3.05) is 0 Å². The van der Waals surface area contributed by atoms with Crippen LogP contribution in [0.2, 0.25) is 0 Å². The summed E-state index contributed by atoms with van der Waals surface area (Å²) in [5.74, 6) is 0. The molecule has 7 heteroatoms.